The van der Waals surface area contributed by atoms with Gasteiger partial charge in [0.1, 0.15) is 6.54 Å². The summed E-state index contributed by atoms with van der Waals surface area (Å²) in [6, 6.07) is 17.6. The van der Waals surface area contributed by atoms with Crippen LogP contribution in [0.1, 0.15) is 29.5 Å². The Balaban J connectivity index is 1.57. The van der Waals surface area contributed by atoms with E-state index >= 15 is 0 Å². The van der Waals surface area contributed by atoms with Crippen molar-refractivity contribution in [3.8, 4) is 0 Å². The van der Waals surface area contributed by atoms with Crippen LogP contribution < -0.4 is 9.62 Å². The second-order valence-corrected chi connectivity index (χ2v) is 13.1. The fourth-order valence-corrected chi connectivity index (χ4v) is 7.08. The number of nitrogens with one attached hydrogen (secondary N) is 1. The lowest BCUT2D eigenvalue weighted by Gasteiger charge is -2.25. The van der Waals surface area contributed by atoms with Crippen molar-refractivity contribution in [2.75, 3.05) is 29.3 Å². The minimum absolute atomic E-state index is 0.0839. The summed E-state index contributed by atoms with van der Waals surface area (Å²) >= 11 is 0. The molecule has 3 aromatic rings. The lowest BCUT2D eigenvalue weighted by atomic mass is 10.1. The summed E-state index contributed by atoms with van der Waals surface area (Å²) in [6.07, 6.45) is 1.69. The molecular weight excluding hydrogens is 510 g/mol. The molecule has 0 spiro atoms. The van der Waals surface area contributed by atoms with Gasteiger partial charge in [-0.3, -0.25) is 9.10 Å². The number of anilines is 2. The number of nitrogens with zero attached hydrogens (tertiary/aromatic N) is 2. The van der Waals surface area contributed by atoms with E-state index in [1.807, 2.05) is 26.8 Å². The van der Waals surface area contributed by atoms with E-state index in [1.165, 1.54) is 40.7 Å². The minimum atomic E-state index is -4.04. The van der Waals surface area contributed by atoms with Crippen LogP contribution in [-0.2, 0) is 24.8 Å². The quantitative estimate of drug-likeness (QED) is 0.460. The van der Waals surface area contributed by atoms with Crippen LogP contribution in [0.15, 0.2) is 76.5 Å². The molecule has 37 heavy (non-hydrogen) atoms. The molecule has 196 valence electrons. The van der Waals surface area contributed by atoms with Crippen LogP contribution >= 0.6 is 0 Å². The maximum atomic E-state index is 13.6. The summed E-state index contributed by atoms with van der Waals surface area (Å²) in [5, 5.41) is 2.70. The number of rotatable bonds is 8. The highest BCUT2D eigenvalue weighted by Crippen LogP contribution is 2.27. The Bertz CT molecular complexity index is 1490. The first-order valence-electron chi connectivity index (χ1n) is 12.1. The fraction of sp³-hybridized carbons (Fsp3) is 0.296. The molecule has 4 rings (SSSR count). The number of hydrogen-bond donors (Lipinski definition) is 1. The molecule has 3 aromatic carbocycles. The molecule has 8 nitrogen and oxygen atoms in total. The van der Waals surface area contributed by atoms with Gasteiger partial charge in [-0.15, -0.1) is 0 Å². The molecule has 1 heterocycles. The molecule has 1 N–H and O–H groups in total. The zero-order valence-electron chi connectivity index (χ0n) is 21.1. The van der Waals surface area contributed by atoms with Crippen molar-refractivity contribution in [3.63, 3.8) is 0 Å². The van der Waals surface area contributed by atoms with Crippen LogP contribution in [0.2, 0.25) is 0 Å². The summed E-state index contributed by atoms with van der Waals surface area (Å²) < 4.78 is 55.2. The first-order chi connectivity index (χ1) is 17.5. The third-order valence-corrected chi connectivity index (χ3v) is 10.2. The number of hydrogen-bond acceptors (Lipinski definition) is 5. The van der Waals surface area contributed by atoms with Gasteiger partial charge in [0, 0.05) is 18.8 Å². The summed E-state index contributed by atoms with van der Waals surface area (Å²) in [5.41, 5.74) is 3.58. The molecule has 0 aromatic heterocycles. The standard InChI is InChI=1S/C27H31N3O5S2/c1-20-6-12-26(13-7-20)37(34,35)30(24-11-8-21(2)22(3)18-24)19-27(31)28-23-9-14-25(15-10-23)36(32,33)29-16-4-5-17-29/h6-15,18H,4-5,16-17,19H2,1-3H3,(H,28,31). The first kappa shape index (κ1) is 26.8. The highest BCUT2D eigenvalue weighted by Gasteiger charge is 2.29. The lowest BCUT2D eigenvalue weighted by Crippen LogP contribution is -2.38. The number of aryl methyl sites for hydroxylation is 3. The molecule has 0 bridgehead atoms. The maximum Gasteiger partial charge on any atom is 0.264 e. The zero-order valence-corrected chi connectivity index (χ0v) is 22.8. The molecule has 1 saturated heterocycles. The smallest absolute Gasteiger partial charge is 0.264 e. The van der Waals surface area contributed by atoms with Crippen LogP contribution in [0.25, 0.3) is 0 Å². The summed E-state index contributed by atoms with van der Waals surface area (Å²) in [7, 11) is -7.60. The molecule has 1 aliphatic rings. The summed E-state index contributed by atoms with van der Waals surface area (Å²) in [5.74, 6) is -0.552. The van der Waals surface area contributed by atoms with Crippen molar-refractivity contribution in [1.82, 2.24) is 4.31 Å². The van der Waals surface area contributed by atoms with Gasteiger partial charge >= 0.3 is 0 Å². The molecule has 0 atom stereocenters. The first-order valence-corrected chi connectivity index (χ1v) is 14.9. The van der Waals surface area contributed by atoms with Crippen LogP contribution in [0.4, 0.5) is 11.4 Å². The van der Waals surface area contributed by atoms with Crippen molar-refractivity contribution >= 4 is 37.3 Å². The zero-order chi connectivity index (χ0) is 26.8. The van der Waals surface area contributed by atoms with E-state index in [0.29, 0.717) is 24.5 Å². The molecule has 1 aliphatic heterocycles. The normalized spacial score (nSPS) is 14.5. The fourth-order valence-electron chi connectivity index (χ4n) is 4.15. The van der Waals surface area contributed by atoms with E-state index in [1.54, 1.807) is 24.3 Å². The average molecular weight is 542 g/mol. The Morgan fingerprint density at radius 2 is 1.41 bits per heavy atom. The van der Waals surface area contributed by atoms with Crippen LogP contribution in [0.3, 0.4) is 0 Å². The Labute approximate surface area is 219 Å². The van der Waals surface area contributed by atoms with Crippen molar-refractivity contribution in [2.45, 2.75) is 43.4 Å². The van der Waals surface area contributed by atoms with Gasteiger partial charge in [0.05, 0.1) is 15.5 Å². The van der Waals surface area contributed by atoms with Crippen molar-refractivity contribution in [2.24, 2.45) is 0 Å². The van der Waals surface area contributed by atoms with Gasteiger partial charge in [-0.1, -0.05) is 23.8 Å². The van der Waals surface area contributed by atoms with Gasteiger partial charge in [0.15, 0.2) is 0 Å². The minimum Gasteiger partial charge on any atom is -0.325 e. The van der Waals surface area contributed by atoms with E-state index in [9.17, 15) is 21.6 Å². The van der Waals surface area contributed by atoms with Crippen molar-refractivity contribution in [1.29, 1.82) is 0 Å². The third-order valence-electron chi connectivity index (χ3n) is 6.52. The van der Waals surface area contributed by atoms with E-state index < -0.39 is 32.5 Å². The predicted molar refractivity (Wildman–Crippen MR) is 145 cm³/mol. The van der Waals surface area contributed by atoms with Gasteiger partial charge in [-0.2, -0.15) is 4.31 Å². The predicted octanol–water partition coefficient (Wildman–Crippen LogP) is 4.23. The molecule has 1 fully saturated rings. The lowest BCUT2D eigenvalue weighted by molar-refractivity contribution is -0.114. The van der Waals surface area contributed by atoms with Gasteiger partial charge in [-0.05, 0) is 93.3 Å². The number of sulfonamides is 2. The van der Waals surface area contributed by atoms with Gasteiger partial charge in [0.2, 0.25) is 15.9 Å². The highest BCUT2D eigenvalue weighted by molar-refractivity contribution is 7.92. The Hall–Kier alpha value is -3.21. The highest BCUT2D eigenvalue weighted by atomic mass is 32.2. The monoisotopic (exact) mass is 541 g/mol. The van der Waals surface area contributed by atoms with E-state index in [4.69, 9.17) is 0 Å². The second-order valence-electron chi connectivity index (χ2n) is 9.28. The topological polar surface area (TPSA) is 104 Å². The maximum absolute atomic E-state index is 13.6. The molecule has 0 radical (unpaired) electrons. The van der Waals surface area contributed by atoms with Gasteiger partial charge in [-0.25, -0.2) is 16.8 Å². The number of benzene rings is 3. The van der Waals surface area contributed by atoms with Gasteiger partial charge in [0.25, 0.3) is 10.0 Å². The number of carbonyl (C=O) groups is 1. The molecular formula is C27H31N3O5S2. The van der Waals surface area contributed by atoms with Crippen molar-refractivity contribution in [3.05, 3.63) is 83.4 Å². The van der Waals surface area contributed by atoms with E-state index in [-0.39, 0.29) is 9.79 Å². The van der Waals surface area contributed by atoms with E-state index in [2.05, 4.69) is 5.32 Å². The summed E-state index contributed by atoms with van der Waals surface area (Å²) in [4.78, 5) is 13.3. The molecule has 10 heteroatoms. The largest absolute Gasteiger partial charge is 0.325 e. The number of amides is 1. The Morgan fingerprint density at radius 1 is 0.811 bits per heavy atom. The van der Waals surface area contributed by atoms with Crippen LogP contribution in [0, 0.1) is 20.8 Å². The Morgan fingerprint density at radius 3 is 2.00 bits per heavy atom. The molecule has 0 unspecified atom stereocenters. The third kappa shape index (κ3) is 5.87. The molecule has 1 amide bonds. The van der Waals surface area contributed by atoms with Gasteiger partial charge < -0.3 is 5.32 Å². The van der Waals surface area contributed by atoms with Crippen LogP contribution in [-0.4, -0.2) is 46.7 Å². The second kappa shape index (κ2) is 10.6. The molecule has 0 saturated carbocycles. The SMILES string of the molecule is Cc1ccc(S(=O)(=O)N(CC(=O)Nc2ccc(S(=O)(=O)N3CCCC3)cc2)c2ccc(C)c(C)c2)cc1. The number of carbonyl (C=O) groups excluding carboxylic acids is 1. The van der Waals surface area contributed by atoms with Crippen molar-refractivity contribution < 1.29 is 21.6 Å². The average Bonchev–Trinajstić information content (AvgIpc) is 3.41. The van der Waals surface area contributed by atoms with E-state index in [0.717, 1.165) is 33.8 Å². The molecule has 0 aliphatic carbocycles. The summed E-state index contributed by atoms with van der Waals surface area (Å²) in [6.45, 7) is 6.24. The Kier molecular flexibility index (Phi) is 7.72. The van der Waals surface area contributed by atoms with Crippen LogP contribution in [0.5, 0.6) is 0 Å².